The predicted octanol–water partition coefficient (Wildman–Crippen LogP) is 2.75. The van der Waals surface area contributed by atoms with Gasteiger partial charge in [-0.05, 0) is 47.4 Å². The molecule has 0 bridgehead atoms. The summed E-state index contributed by atoms with van der Waals surface area (Å²) in [4.78, 5) is 9.27. The van der Waals surface area contributed by atoms with Gasteiger partial charge in [0.2, 0.25) is 0 Å². The standard InChI is InChI=1S/C17H32N4/c1-7-11-21(13-12-20(5)6)16-15(9-8-10-18-16)14-19-17(2,3)4/h8-10,19H,7,11-14H2,1-6H3. The summed E-state index contributed by atoms with van der Waals surface area (Å²) in [5.41, 5.74) is 1.39. The summed E-state index contributed by atoms with van der Waals surface area (Å²) in [5.74, 6) is 1.12. The number of nitrogens with one attached hydrogen (secondary N) is 1. The number of hydrogen-bond donors (Lipinski definition) is 1. The Labute approximate surface area is 130 Å². The molecule has 4 heteroatoms. The van der Waals surface area contributed by atoms with Crippen LogP contribution in [0.25, 0.3) is 0 Å². The molecule has 0 aliphatic carbocycles. The molecule has 0 spiro atoms. The van der Waals surface area contributed by atoms with Gasteiger partial charge in [-0.25, -0.2) is 4.98 Å². The molecule has 120 valence electrons. The van der Waals surface area contributed by atoms with Crippen LogP contribution in [0.1, 0.15) is 39.7 Å². The highest BCUT2D eigenvalue weighted by Gasteiger charge is 2.14. The lowest BCUT2D eigenvalue weighted by Gasteiger charge is -2.28. The van der Waals surface area contributed by atoms with E-state index in [1.165, 1.54) is 5.56 Å². The van der Waals surface area contributed by atoms with Gasteiger partial charge in [0, 0.05) is 43.5 Å². The van der Waals surface area contributed by atoms with Gasteiger partial charge in [0.15, 0.2) is 0 Å². The van der Waals surface area contributed by atoms with Crippen molar-refractivity contribution in [3.8, 4) is 0 Å². The molecule has 21 heavy (non-hydrogen) atoms. The zero-order chi connectivity index (χ0) is 15.9. The van der Waals surface area contributed by atoms with E-state index >= 15 is 0 Å². The van der Waals surface area contributed by atoms with Crippen LogP contribution in [0, 0.1) is 0 Å². The molecule has 0 unspecified atom stereocenters. The Kier molecular flexibility index (Phi) is 7.12. The molecule has 0 aliphatic heterocycles. The Morgan fingerprint density at radius 1 is 1.14 bits per heavy atom. The Hall–Kier alpha value is -1.13. The van der Waals surface area contributed by atoms with Crippen molar-refractivity contribution in [2.75, 3.05) is 38.6 Å². The van der Waals surface area contributed by atoms with E-state index in [9.17, 15) is 0 Å². The van der Waals surface area contributed by atoms with Crippen molar-refractivity contribution in [2.24, 2.45) is 0 Å². The summed E-state index contributed by atoms with van der Waals surface area (Å²) < 4.78 is 0. The van der Waals surface area contributed by atoms with E-state index in [2.05, 4.69) is 68.0 Å². The first kappa shape index (κ1) is 17.9. The van der Waals surface area contributed by atoms with E-state index < -0.39 is 0 Å². The van der Waals surface area contributed by atoms with Crippen molar-refractivity contribution in [1.82, 2.24) is 15.2 Å². The molecule has 0 amide bonds. The van der Waals surface area contributed by atoms with Crippen molar-refractivity contribution in [2.45, 2.75) is 46.2 Å². The highest BCUT2D eigenvalue weighted by atomic mass is 15.2. The average Bonchev–Trinajstić information content (AvgIpc) is 2.40. The van der Waals surface area contributed by atoms with Crippen LogP contribution in [0.2, 0.25) is 0 Å². The fourth-order valence-corrected chi connectivity index (χ4v) is 2.13. The quantitative estimate of drug-likeness (QED) is 0.798. The molecule has 1 N–H and O–H groups in total. The van der Waals surface area contributed by atoms with Gasteiger partial charge in [-0.15, -0.1) is 0 Å². The van der Waals surface area contributed by atoms with Gasteiger partial charge in [0.05, 0.1) is 0 Å². The van der Waals surface area contributed by atoms with Crippen molar-refractivity contribution in [3.05, 3.63) is 23.9 Å². The normalized spacial score (nSPS) is 12.0. The zero-order valence-electron chi connectivity index (χ0n) is 14.6. The maximum atomic E-state index is 4.64. The van der Waals surface area contributed by atoms with Crippen LogP contribution in [-0.4, -0.2) is 49.2 Å². The third kappa shape index (κ3) is 6.91. The number of hydrogen-bond acceptors (Lipinski definition) is 4. The van der Waals surface area contributed by atoms with Crippen molar-refractivity contribution in [3.63, 3.8) is 0 Å². The second-order valence-electron chi connectivity index (χ2n) is 6.88. The number of rotatable bonds is 8. The summed E-state index contributed by atoms with van der Waals surface area (Å²) in [6.07, 6.45) is 3.03. The van der Waals surface area contributed by atoms with Gasteiger partial charge in [-0.2, -0.15) is 0 Å². The number of anilines is 1. The molecule has 4 nitrogen and oxygen atoms in total. The smallest absolute Gasteiger partial charge is 0.133 e. The first-order valence-corrected chi connectivity index (χ1v) is 7.92. The van der Waals surface area contributed by atoms with Gasteiger partial charge in [0.1, 0.15) is 5.82 Å². The Bertz CT molecular complexity index is 409. The van der Waals surface area contributed by atoms with Crippen LogP contribution in [0.3, 0.4) is 0 Å². The second-order valence-corrected chi connectivity index (χ2v) is 6.88. The fourth-order valence-electron chi connectivity index (χ4n) is 2.13. The van der Waals surface area contributed by atoms with Gasteiger partial charge < -0.3 is 15.1 Å². The molecule has 0 fully saturated rings. The monoisotopic (exact) mass is 292 g/mol. The molecule has 0 saturated carbocycles. The van der Waals surface area contributed by atoms with Crippen LogP contribution in [0.5, 0.6) is 0 Å². The number of nitrogens with zero attached hydrogens (tertiary/aromatic N) is 3. The van der Waals surface area contributed by atoms with E-state index in [1.807, 2.05) is 12.3 Å². The van der Waals surface area contributed by atoms with Crippen LogP contribution < -0.4 is 10.2 Å². The minimum atomic E-state index is 0.117. The first-order valence-electron chi connectivity index (χ1n) is 7.92. The molecule has 0 radical (unpaired) electrons. The van der Waals surface area contributed by atoms with Crippen molar-refractivity contribution >= 4 is 5.82 Å². The van der Waals surface area contributed by atoms with E-state index in [1.54, 1.807) is 0 Å². The Morgan fingerprint density at radius 3 is 2.43 bits per heavy atom. The van der Waals surface area contributed by atoms with Gasteiger partial charge in [-0.1, -0.05) is 13.0 Å². The Morgan fingerprint density at radius 2 is 1.86 bits per heavy atom. The van der Waals surface area contributed by atoms with Gasteiger partial charge in [0.25, 0.3) is 0 Å². The number of likely N-dealkylation sites (N-methyl/N-ethyl adjacent to an activating group) is 1. The Balaban J connectivity index is 2.86. The largest absolute Gasteiger partial charge is 0.355 e. The molecule has 0 aliphatic rings. The minimum absolute atomic E-state index is 0.117. The van der Waals surface area contributed by atoms with E-state index in [0.29, 0.717) is 0 Å². The van der Waals surface area contributed by atoms with Crippen LogP contribution >= 0.6 is 0 Å². The average molecular weight is 292 g/mol. The van der Waals surface area contributed by atoms with Crippen LogP contribution in [0.15, 0.2) is 18.3 Å². The minimum Gasteiger partial charge on any atom is -0.355 e. The lowest BCUT2D eigenvalue weighted by molar-refractivity contribution is 0.410. The van der Waals surface area contributed by atoms with E-state index in [-0.39, 0.29) is 5.54 Å². The first-order chi connectivity index (χ1) is 9.83. The van der Waals surface area contributed by atoms with Crippen LogP contribution in [-0.2, 0) is 6.54 Å². The molecule has 1 heterocycles. The van der Waals surface area contributed by atoms with Crippen molar-refractivity contribution < 1.29 is 0 Å². The third-order valence-electron chi connectivity index (χ3n) is 3.29. The van der Waals surface area contributed by atoms with E-state index in [4.69, 9.17) is 0 Å². The second kappa shape index (κ2) is 8.35. The third-order valence-corrected chi connectivity index (χ3v) is 3.29. The number of pyridine rings is 1. The predicted molar refractivity (Wildman–Crippen MR) is 91.9 cm³/mol. The molecular formula is C17H32N4. The highest BCUT2D eigenvalue weighted by Crippen LogP contribution is 2.18. The van der Waals surface area contributed by atoms with Crippen molar-refractivity contribution in [1.29, 1.82) is 0 Å². The zero-order valence-corrected chi connectivity index (χ0v) is 14.6. The SMILES string of the molecule is CCCN(CCN(C)C)c1ncccc1CNC(C)(C)C. The molecule has 0 saturated heterocycles. The number of aromatic nitrogens is 1. The summed E-state index contributed by atoms with van der Waals surface area (Å²) in [5, 5.41) is 3.56. The molecule has 1 aromatic rings. The lowest BCUT2D eigenvalue weighted by atomic mass is 10.1. The molecule has 1 aromatic heterocycles. The summed E-state index contributed by atoms with van der Waals surface area (Å²) >= 11 is 0. The topological polar surface area (TPSA) is 31.4 Å². The van der Waals surface area contributed by atoms with Gasteiger partial charge in [-0.3, -0.25) is 0 Å². The maximum absolute atomic E-state index is 4.64. The highest BCUT2D eigenvalue weighted by molar-refractivity contribution is 5.46. The van der Waals surface area contributed by atoms with Gasteiger partial charge >= 0.3 is 0 Å². The summed E-state index contributed by atoms with van der Waals surface area (Å²) in [6.45, 7) is 12.8. The summed E-state index contributed by atoms with van der Waals surface area (Å²) in [6, 6.07) is 4.21. The molecule has 0 aromatic carbocycles. The molecule has 0 atom stereocenters. The molecule has 1 rings (SSSR count). The maximum Gasteiger partial charge on any atom is 0.133 e. The molecular weight excluding hydrogens is 260 g/mol. The fraction of sp³-hybridized carbons (Fsp3) is 0.706. The van der Waals surface area contributed by atoms with Crippen LogP contribution in [0.4, 0.5) is 5.82 Å². The summed E-state index contributed by atoms with van der Waals surface area (Å²) in [7, 11) is 4.23. The lowest BCUT2D eigenvalue weighted by Crippen LogP contribution is -2.37. The van der Waals surface area contributed by atoms with E-state index in [0.717, 1.165) is 38.4 Å².